The Morgan fingerprint density at radius 3 is 0.913 bits per heavy atom. The molecule has 0 bridgehead atoms. The van der Waals surface area contributed by atoms with Gasteiger partial charge in [0.1, 0.15) is 0 Å². The molecule has 2 rings (SSSR count). The Balaban J connectivity index is -0.000000308. The summed E-state index contributed by atoms with van der Waals surface area (Å²) in [5, 5.41) is 0. The van der Waals surface area contributed by atoms with E-state index < -0.39 is 0 Å². The van der Waals surface area contributed by atoms with Crippen LogP contribution >= 0.6 is 0 Å². The van der Waals surface area contributed by atoms with E-state index in [2.05, 4.69) is 92.9 Å². The van der Waals surface area contributed by atoms with Gasteiger partial charge in [0.25, 0.3) is 0 Å². The molecular weight excluding hydrogens is 595 g/mol. The SMILES string of the molecule is C[C]1[CH][CH][C](C(C)C)[CH][CH]1.C[C]1[CH][CH][C](C(C)C)[CH][CH]1.[I-].[I-].[Ru+4]. The summed E-state index contributed by atoms with van der Waals surface area (Å²) in [7, 11) is 0. The molecule has 3 heteroatoms. The second-order valence-electron chi connectivity index (χ2n) is 6.13. The zero-order chi connectivity index (χ0) is 15.1. The Morgan fingerprint density at radius 2 is 0.739 bits per heavy atom. The van der Waals surface area contributed by atoms with Gasteiger partial charge in [-0.25, -0.2) is 0 Å². The molecule has 0 nitrogen and oxygen atoms in total. The molecule has 0 atom stereocenters. The average Bonchev–Trinajstić information content (AvgIpc) is 2.40. The quantitative estimate of drug-likeness (QED) is 0.282. The van der Waals surface area contributed by atoms with E-state index in [1.165, 1.54) is 23.7 Å². The molecule has 12 radical (unpaired) electrons. The smallest absolute Gasteiger partial charge is 1.00 e. The fourth-order valence-electron chi connectivity index (χ4n) is 1.90. The van der Waals surface area contributed by atoms with Crippen molar-refractivity contribution in [2.75, 3.05) is 0 Å². The van der Waals surface area contributed by atoms with Gasteiger partial charge >= 0.3 is 19.5 Å². The molecule has 0 spiro atoms. The molecule has 0 aromatic heterocycles. The third-order valence-corrected chi connectivity index (χ3v) is 3.49. The van der Waals surface area contributed by atoms with Gasteiger partial charge in [-0.15, -0.1) is 0 Å². The molecular formula is C20H28I2Ru+2. The standard InChI is InChI=1S/2C10H14.2HI.Ru/c2*1-8(2)10-6-4-9(3)5-7-10;;;/h2*4-8H,1-3H3;2*1H;/q;;;;+4/p-2. The number of rotatable bonds is 2. The minimum Gasteiger partial charge on any atom is -1.00 e. The summed E-state index contributed by atoms with van der Waals surface area (Å²) >= 11 is 0. The summed E-state index contributed by atoms with van der Waals surface area (Å²) in [6.45, 7) is 13.1. The van der Waals surface area contributed by atoms with E-state index in [1.807, 2.05) is 0 Å². The Morgan fingerprint density at radius 1 is 0.522 bits per heavy atom. The summed E-state index contributed by atoms with van der Waals surface area (Å²) in [5.41, 5.74) is 0. The summed E-state index contributed by atoms with van der Waals surface area (Å²) in [5.74, 6) is 6.83. The van der Waals surface area contributed by atoms with Crippen LogP contribution in [0.2, 0.25) is 0 Å². The maximum atomic E-state index is 2.21. The van der Waals surface area contributed by atoms with Crippen molar-refractivity contribution in [3.05, 3.63) is 75.0 Å². The van der Waals surface area contributed by atoms with Crippen molar-refractivity contribution < 1.29 is 67.4 Å². The van der Waals surface area contributed by atoms with Crippen LogP contribution in [0.15, 0.2) is 0 Å². The van der Waals surface area contributed by atoms with E-state index in [0.717, 1.165) is 0 Å². The predicted molar refractivity (Wildman–Crippen MR) is 88.4 cm³/mol. The largest absolute Gasteiger partial charge is 4.00 e. The van der Waals surface area contributed by atoms with Crippen LogP contribution in [0.4, 0.5) is 0 Å². The molecule has 2 aliphatic rings. The topological polar surface area (TPSA) is 0 Å². The summed E-state index contributed by atoms with van der Waals surface area (Å²) in [6, 6.07) is 0. The van der Waals surface area contributed by atoms with Crippen LogP contribution in [0.3, 0.4) is 0 Å². The van der Waals surface area contributed by atoms with Gasteiger partial charge in [0, 0.05) is 0 Å². The minimum atomic E-state index is 0. The monoisotopic (exact) mass is 624 g/mol. The maximum Gasteiger partial charge on any atom is 4.00 e. The van der Waals surface area contributed by atoms with E-state index in [1.54, 1.807) is 0 Å². The van der Waals surface area contributed by atoms with Gasteiger partial charge in [-0.05, 0) is 86.9 Å². The van der Waals surface area contributed by atoms with Crippen molar-refractivity contribution in [3.8, 4) is 0 Å². The van der Waals surface area contributed by atoms with E-state index in [9.17, 15) is 0 Å². The van der Waals surface area contributed by atoms with Crippen molar-refractivity contribution >= 4 is 0 Å². The van der Waals surface area contributed by atoms with E-state index >= 15 is 0 Å². The molecule has 0 unspecified atom stereocenters. The predicted octanol–water partition coefficient (Wildman–Crippen LogP) is -0.710. The molecule has 2 aliphatic carbocycles. The van der Waals surface area contributed by atoms with Crippen LogP contribution in [0.25, 0.3) is 0 Å². The van der Waals surface area contributed by atoms with Crippen molar-refractivity contribution in [1.82, 2.24) is 0 Å². The first-order valence-corrected chi connectivity index (χ1v) is 7.53. The van der Waals surface area contributed by atoms with Gasteiger partial charge in [-0.2, -0.15) is 0 Å². The molecule has 128 valence electrons. The Bertz CT molecular complexity index is 214. The van der Waals surface area contributed by atoms with Crippen LogP contribution in [0, 0.1) is 86.9 Å². The van der Waals surface area contributed by atoms with Gasteiger partial charge < -0.3 is 48.0 Å². The maximum absolute atomic E-state index is 2.21. The molecule has 0 saturated heterocycles. The molecule has 0 amide bonds. The Hall–Kier alpha value is 2.08. The van der Waals surface area contributed by atoms with Crippen molar-refractivity contribution in [1.29, 1.82) is 0 Å². The van der Waals surface area contributed by atoms with Crippen LogP contribution in [-0.2, 0) is 19.5 Å². The van der Waals surface area contributed by atoms with E-state index in [0.29, 0.717) is 11.8 Å². The van der Waals surface area contributed by atoms with Crippen molar-refractivity contribution in [2.45, 2.75) is 41.5 Å². The van der Waals surface area contributed by atoms with Gasteiger partial charge in [-0.1, -0.05) is 41.5 Å². The second kappa shape index (κ2) is 16.3. The number of halogens is 2. The van der Waals surface area contributed by atoms with Crippen LogP contribution < -0.4 is 48.0 Å². The zero-order valence-electron chi connectivity index (χ0n) is 14.9. The third-order valence-electron chi connectivity index (χ3n) is 3.49. The average molecular weight is 623 g/mol. The summed E-state index contributed by atoms with van der Waals surface area (Å²) in [6.07, 6.45) is 17.4. The fourth-order valence-corrected chi connectivity index (χ4v) is 1.90. The summed E-state index contributed by atoms with van der Waals surface area (Å²) < 4.78 is 0. The zero-order valence-corrected chi connectivity index (χ0v) is 20.9. The first-order valence-electron chi connectivity index (χ1n) is 7.53. The normalized spacial score (nSPS) is 20.9. The van der Waals surface area contributed by atoms with Gasteiger partial charge in [-0.3, -0.25) is 0 Å². The van der Waals surface area contributed by atoms with Crippen molar-refractivity contribution in [2.24, 2.45) is 11.8 Å². The molecule has 0 aliphatic heterocycles. The van der Waals surface area contributed by atoms with Gasteiger partial charge in [0.05, 0.1) is 0 Å². The Kier molecular flexibility index (Phi) is 21.1. The molecule has 23 heavy (non-hydrogen) atoms. The number of hydrogen-bond acceptors (Lipinski definition) is 0. The molecule has 0 N–H and O–H groups in total. The van der Waals surface area contributed by atoms with Crippen LogP contribution in [0.1, 0.15) is 41.5 Å². The summed E-state index contributed by atoms with van der Waals surface area (Å²) in [4.78, 5) is 0. The van der Waals surface area contributed by atoms with Crippen LogP contribution in [0.5, 0.6) is 0 Å². The van der Waals surface area contributed by atoms with Crippen molar-refractivity contribution in [3.63, 3.8) is 0 Å². The molecule has 0 aromatic carbocycles. The minimum absolute atomic E-state index is 0. The Labute approximate surface area is 194 Å². The first kappa shape index (κ1) is 29.8. The molecule has 2 fully saturated rings. The first-order chi connectivity index (χ1) is 9.40. The molecule has 2 saturated carbocycles. The van der Waals surface area contributed by atoms with Gasteiger partial charge in [0.2, 0.25) is 0 Å². The molecule has 0 aromatic rings. The second-order valence-corrected chi connectivity index (χ2v) is 6.13. The van der Waals surface area contributed by atoms with Gasteiger partial charge in [0.15, 0.2) is 0 Å². The van der Waals surface area contributed by atoms with E-state index in [4.69, 9.17) is 0 Å². The fraction of sp³-hybridized carbons (Fsp3) is 0.400. The van der Waals surface area contributed by atoms with E-state index in [-0.39, 0.29) is 67.4 Å². The number of hydrogen-bond donors (Lipinski definition) is 0. The van der Waals surface area contributed by atoms with Crippen LogP contribution in [-0.4, -0.2) is 0 Å². The molecule has 0 heterocycles. The third kappa shape index (κ3) is 13.0.